The Morgan fingerprint density at radius 1 is 0.800 bits per heavy atom. The van der Waals surface area contributed by atoms with E-state index in [9.17, 15) is 0 Å². The van der Waals surface area contributed by atoms with Crippen molar-refractivity contribution < 1.29 is 8.83 Å². The van der Waals surface area contributed by atoms with E-state index >= 15 is 0 Å². The Kier molecular flexibility index (Phi) is 3.07. The maximum Gasteiger partial charge on any atom is 0.263 e. The molecule has 0 radical (unpaired) electrons. The summed E-state index contributed by atoms with van der Waals surface area (Å²) < 4.78 is 11.4. The van der Waals surface area contributed by atoms with E-state index in [-0.39, 0.29) is 0 Å². The van der Waals surface area contributed by atoms with E-state index < -0.39 is 0 Å². The van der Waals surface area contributed by atoms with Crippen molar-refractivity contribution in [1.29, 1.82) is 0 Å². The van der Waals surface area contributed by atoms with Crippen LogP contribution in [0.3, 0.4) is 0 Å². The minimum absolute atomic E-state index is 0.488. The first kappa shape index (κ1) is 13.9. The fourth-order valence-electron chi connectivity index (χ4n) is 3.04. The topological polar surface area (TPSA) is 51.2 Å². The summed E-state index contributed by atoms with van der Waals surface area (Å²) in [4.78, 5) is 4.64. The van der Waals surface area contributed by atoms with Crippen LogP contribution in [0.1, 0.15) is 0 Å². The molecule has 2 heterocycles. The summed E-state index contributed by atoms with van der Waals surface area (Å²) in [7, 11) is 0. The van der Waals surface area contributed by atoms with Crippen molar-refractivity contribution in [3.63, 3.8) is 0 Å². The molecule has 4 nitrogen and oxygen atoms in total. The molecule has 0 saturated heterocycles. The normalized spacial score (nSPS) is 11.2. The number of anilines is 2. The summed E-state index contributed by atoms with van der Waals surface area (Å²) in [5.41, 5.74) is 3.57. The number of fused-ring (bicyclic) bond motifs is 3. The quantitative estimate of drug-likeness (QED) is 0.443. The van der Waals surface area contributed by atoms with Crippen LogP contribution in [0, 0.1) is 0 Å². The number of nitrogens with zero attached hydrogens (tertiary/aromatic N) is 1. The van der Waals surface area contributed by atoms with Crippen LogP contribution in [-0.2, 0) is 0 Å². The van der Waals surface area contributed by atoms with E-state index in [1.54, 1.807) is 6.26 Å². The molecule has 0 saturated carbocycles. The molecular formula is C21H14N2O2. The third-order valence-electron chi connectivity index (χ3n) is 4.19. The Morgan fingerprint density at radius 2 is 1.60 bits per heavy atom. The van der Waals surface area contributed by atoms with Gasteiger partial charge in [-0.25, -0.2) is 4.98 Å². The molecule has 0 atom stereocenters. The maximum absolute atomic E-state index is 5.95. The predicted octanol–water partition coefficient (Wildman–Crippen LogP) is 5.98. The highest BCUT2D eigenvalue weighted by Crippen LogP contribution is 2.35. The number of benzene rings is 3. The molecule has 0 amide bonds. The third-order valence-corrected chi connectivity index (χ3v) is 4.19. The lowest BCUT2D eigenvalue weighted by Gasteiger charge is -2.10. The molecule has 5 aromatic rings. The molecule has 0 unspecified atom stereocenters. The molecule has 120 valence electrons. The minimum Gasteiger partial charge on any atom is -0.459 e. The van der Waals surface area contributed by atoms with Crippen LogP contribution in [0.25, 0.3) is 33.5 Å². The SMILES string of the molecule is c1ccc(Nc2cc3oc(-c4ccco4)nc3c3ccccc23)cc1. The first-order valence-electron chi connectivity index (χ1n) is 8.07. The van der Waals surface area contributed by atoms with Gasteiger partial charge in [-0.3, -0.25) is 0 Å². The minimum atomic E-state index is 0.488. The molecule has 25 heavy (non-hydrogen) atoms. The molecule has 0 bridgehead atoms. The Bertz CT molecular complexity index is 1160. The number of rotatable bonds is 3. The Morgan fingerprint density at radius 3 is 2.40 bits per heavy atom. The number of furan rings is 1. The van der Waals surface area contributed by atoms with Gasteiger partial charge in [0.2, 0.25) is 0 Å². The standard InChI is InChI=1S/C21H14N2O2/c1-2-7-14(8-3-1)22-17-13-19-20(16-10-5-4-9-15(16)17)23-21(25-19)18-11-6-12-24-18/h1-13,22H. The van der Waals surface area contributed by atoms with Gasteiger partial charge in [0.1, 0.15) is 5.52 Å². The molecule has 0 aliphatic heterocycles. The summed E-state index contributed by atoms with van der Waals surface area (Å²) in [6, 6.07) is 23.9. The lowest BCUT2D eigenvalue weighted by atomic mass is 10.1. The number of hydrogen-bond donors (Lipinski definition) is 1. The van der Waals surface area contributed by atoms with Gasteiger partial charge in [-0.1, -0.05) is 42.5 Å². The molecule has 0 aliphatic carbocycles. The maximum atomic E-state index is 5.95. The van der Waals surface area contributed by atoms with Crippen molar-refractivity contribution in [2.24, 2.45) is 0 Å². The Labute approximate surface area is 143 Å². The van der Waals surface area contributed by atoms with Gasteiger partial charge >= 0.3 is 0 Å². The Balaban J connectivity index is 1.74. The zero-order valence-electron chi connectivity index (χ0n) is 13.3. The fraction of sp³-hybridized carbons (Fsp3) is 0. The number of oxazole rings is 1. The molecule has 5 rings (SSSR count). The lowest BCUT2D eigenvalue weighted by molar-refractivity contribution is 0.535. The summed E-state index contributed by atoms with van der Waals surface area (Å²) in [6.07, 6.45) is 1.62. The average molecular weight is 326 g/mol. The van der Waals surface area contributed by atoms with Crippen LogP contribution < -0.4 is 5.32 Å². The largest absolute Gasteiger partial charge is 0.459 e. The van der Waals surface area contributed by atoms with E-state index in [1.165, 1.54) is 0 Å². The van der Waals surface area contributed by atoms with Crippen LogP contribution in [0.5, 0.6) is 0 Å². The fourth-order valence-corrected chi connectivity index (χ4v) is 3.04. The lowest BCUT2D eigenvalue weighted by Crippen LogP contribution is -1.91. The van der Waals surface area contributed by atoms with E-state index in [1.807, 2.05) is 60.7 Å². The van der Waals surface area contributed by atoms with Gasteiger partial charge in [-0.2, -0.15) is 0 Å². The van der Waals surface area contributed by atoms with Crippen molar-refractivity contribution in [3.8, 4) is 11.7 Å². The third kappa shape index (κ3) is 2.35. The molecule has 3 aromatic carbocycles. The van der Waals surface area contributed by atoms with Gasteiger partial charge in [-0.15, -0.1) is 0 Å². The average Bonchev–Trinajstić information content (AvgIpc) is 3.32. The highest BCUT2D eigenvalue weighted by atomic mass is 16.4. The zero-order chi connectivity index (χ0) is 16.6. The number of para-hydroxylation sites is 1. The summed E-state index contributed by atoms with van der Waals surface area (Å²) >= 11 is 0. The molecule has 2 aromatic heterocycles. The van der Waals surface area contributed by atoms with Gasteiger partial charge in [0, 0.05) is 22.5 Å². The van der Waals surface area contributed by atoms with Crippen molar-refractivity contribution in [3.05, 3.63) is 79.1 Å². The van der Waals surface area contributed by atoms with Crippen molar-refractivity contribution >= 4 is 33.2 Å². The second kappa shape index (κ2) is 5.53. The first-order valence-corrected chi connectivity index (χ1v) is 8.07. The van der Waals surface area contributed by atoms with Crippen LogP contribution in [-0.4, -0.2) is 4.98 Å². The monoisotopic (exact) mass is 326 g/mol. The highest BCUT2D eigenvalue weighted by molar-refractivity contribution is 6.10. The smallest absolute Gasteiger partial charge is 0.263 e. The van der Waals surface area contributed by atoms with Gasteiger partial charge in [0.05, 0.1) is 12.0 Å². The van der Waals surface area contributed by atoms with E-state index in [4.69, 9.17) is 8.83 Å². The molecule has 1 N–H and O–H groups in total. The number of hydrogen-bond acceptors (Lipinski definition) is 4. The predicted molar refractivity (Wildman–Crippen MR) is 98.9 cm³/mol. The second-order valence-electron chi connectivity index (χ2n) is 5.80. The number of nitrogens with one attached hydrogen (secondary N) is 1. The van der Waals surface area contributed by atoms with Crippen LogP contribution in [0.2, 0.25) is 0 Å². The Hall–Kier alpha value is -3.53. The van der Waals surface area contributed by atoms with Gasteiger partial charge < -0.3 is 14.2 Å². The second-order valence-corrected chi connectivity index (χ2v) is 5.80. The summed E-state index contributed by atoms with van der Waals surface area (Å²) in [5.74, 6) is 1.11. The van der Waals surface area contributed by atoms with E-state index in [0.717, 1.165) is 33.2 Å². The van der Waals surface area contributed by atoms with Gasteiger partial charge in [-0.05, 0) is 24.3 Å². The number of aromatic nitrogens is 1. The van der Waals surface area contributed by atoms with Gasteiger partial charge in [0.25, 0.3) is 5.89 Å². The molecule has 4 heteroatoms. The van der Waals surface area contributed by atoms with E-state index in [2.05, 4.69) is 22.4 Å². The van der Waals surface area contributed by atoms with Gasteiger partial charge in [0.15, 0.2) is 11.3 Å². The first-order chi connectivity index (χ1) is 12.4. The molecule has 0 spiro atoms. The van der Waals surface area contributed by atoms with Crippen molar-refractivity contribution in [2.75, 3.05) is 5.32 Å². The van der Waals surface area contributed by atoms with Crippen LogP contribution in [0.15, 0.2) is 87.9 Å². The van der Waals surface area contributed by atoms with Crippen molar-refractivity contribution in [2.45, 2.75) is 0 Å². The van der Waals surface area contributed by atoms with Crippen LogP contribution >= 0.6 is 0 Å². The highest BCUT2D eigenvalue weighted by Gasteiger charge is 2.15. The van der Waals surface area contributed by atoms with E-state index in [0.29, 0.717) is 11.7 Å². The summed E-state index contributed by atoms with van der Waals surface area (Å²) in [5, 5.41) is 5.61. The summed E-state index contributed by atoms with van der Waals surface area (Å²) in [6.45, 7) is 0. The molecule has 0 aliphatic rings. The zero-order valence-corrected chi connectivity index (χ0v) is 13.3. The molecule has 0 fully saturated rings. The van der Waals surface area contributed by atoms with Crippen molar-refractivity contribution in [1.82, 2.24) is 4.98 Å². The van der Waals surface area contributed by atoms with Crippen LogP contribution in [0.4, 0.5) is 11.4 Å². The molecular weight excluding hydrogens is 312 g/mol.